The molecule has 2 heterocycles. The lowest BCUT2D eigenvalue weighted by Crippen LogP contribution is -2.54. The van der Waals surface area contributed by atoms with E-state index < -0.39 is 23.7 Å². The summed E-state index contributed by atoms with van der Waals surface area (Å²) in [6.07, 6.45) is 4.79. The maximum absolute atomic E-state index is 13.6. The molecule has 8 heteroatoms. The van der Waals surface area contributed by atoms with Crippen LogP contribution in [-0.4, -0.2) is 72.0 Å². The summed E-state index contributed by atoms with van der Waals surface area (Å²) >= 11 is 0. The van der Waals surface area contributed by atoms with Crippen LogP contribution in [0.15, 0.2) is 24.3 Å². The molecule has 3 fully saturated rings. The number of carbonyl (C=O) groups is 3. The number of anilines is 1. The van der Waals surface area contributed by atoms with Crippen molar-refractivity contribution in [2.75, 3.05) is 37.6 Å². The number of likely N-dealkylation sites (tertiary alicyclic amines) is 1. The van der Waals surface area contributed by atoms with Gasteiger partial charge in [-0.3, -0.25) is 14.5 Å². The Morgan fingerprint density at radius 1 is 1.03 bits per heavy atom. The Balaban J connectivity index is 1.34. The van der Waals surface area contributed by atoms with Crippen molar-refractivity contribution in [2.45, 2.75) is 84.3 Å². The van der Waals surface area contributed by atoms with E-state index in [0.29, 0.717) is 18.9 Å². The van der Waals surface area contributed by atoms with Crippen molar-refractivity contribution in [2.24, 2.45) is 17.8 Å². The number of amides is 2. The fourth-order valence-electron chi connectivity index (χ4n) is 5.89. The van der Waals surface area contributed by atoms with Gasteiger partial charge in [-0.25, -0.2) is 4.79 Å². The zero-order valence-electron chi connectivity index (χ0n) is 24.0. The van der Waals surface area contributed by atoms with Crippen LogP contribution in [0.5, 0.6) is 0 Å². The first-order valence-electron chi connectivity index (χ1n) is 14.6. The molecule has 0 radical (unpaired) electrons. The summed E-state index contributed by atoms with van der Waals surface area (Å²) in [5.41, 5.74) is 1.50. The molecule has 4 rings (SSSR count). The molecule has 212 valence electrons. The Morgan fingerprint density at radius 3 is 2.26 bits per heavy atom. The molecule has 1 aliphatic carbocycles. The Morgan fingerprint density at radius 2 is 1.69 bits per heavy atom. The van der Waals surface area contributed by atoms with Crippen LogP contribution in [0.25, 0.3) is 0 Å². The lowest BCUT2D eigenvalue weighted by Gasteiger charge is -2.40. The number of benzene rings is 1. The van der Waals surface area contributed by atoms with Crippen LogP contribution in [0.2, 0.25) is 0 Å². The first kappa shape index (κ1) is 28.9. The Bertz CT molecular complexity index is 1060. The van der Waals surface area contributed by atoms with Crippen molar-refractivity contribution in [3.05, 3.63) is 29.8 Å². The second-order valence-corrected chi connectivity index (χ2v) is 12.4. The number of ether oxygens (including phenoxy) is 1. The molecule has 2 saturated heterocycles. The zero-order valence-corrected chi connectivity index (χ0v) is 24.0. The third-order valence-electron chi connectivity index (χ3n) is 8.17. The van der Waals surface area contributed by atoms with E-state index in [1.165, 1.54) is 0 Å². The summed E-state index contributed by atoms with van der Waals surface area (Å²) in [6.45, 7) is 11.2. The van der Waals surface area contributed by atoms with E-state index in [1.807, 2.05) is 37.8 Å². The van der Waals surface area contributed by atoms with E-state index in [-0.39, 0.29) is 24.0 Å². The number of hydrogen-bond acceptors (Lipinski definition) is 6. The van der Waals surface area contributed by atoms with Gasteiger partial charge in [-0.2, -0.15) is 5.26 Å². The lowest BCUT2D eigenvalue weighted by atomic mass is 9.82. The molecule has 0 unspecified atom stereocenters. The van der Waals surface area contributed by atoms with E-state index in [0.717, 1.165) is 69.5 Å². The van der Waals surface area contributed by atoms with E-state index in [2.05, 4.69) is 30.0 Å². The first-order valence-corrected chi connectivity index (χ1v) is 14.6. The van der Waals surface area contributed by atoms with Gasteiger partial charge in [0.15, 0.2) is 5.78 Å². The summed E-state index contributed by atoms with van der Waals surface area (Å²) in [5.74, 6) is 0.156. The minimum atomic E-state index is -0.632. The van der Waals surface area contributed by atoms with Crippen molar-refractivity contribution in [1.29, 1.82) is 5.26 Å². The van der Waals surface area contributed by atoms with Crippen LogP contribution in [0.3, 0.4) is 0 Å². The summed E-state index contributed by atoms with van der Waals surface area (Å²) in [6, 6.07) is 10.0. The van der Waals surface area contributed by atoms with Crippen LogP contribution in [0.1, 0.15) is 71.8 Å². The van der Waals surface area contributed by atoms with Gasteiger partial charge in [0, 0.05) is 50.7 Å². The highest BCUT2D eigenvalue weighted by atomic mass is 16.6. The minimum Gasteiger partial charge on any atom is -0.444 e. The number of rotatable bonds is 8. The van der Waals surface area contributed by atoms with Crippen molar-refractivity contribution < 1.29 is 19.1 Å². The molecule has 0 bridgehead atoms. The van der Waals surface area contributed by atoms with Gasteiger partial charge in [-0.1, -0.05) is 25.5 Å². The molecule has 0 N–H and O–H groups in total. The highest BCUT2D eigenvalue weighted by Gasteiger charge is 2.40. The second kappa shape index (κ2) is 12.4. The minimum absolute atomic E-state index is 0.0470. The number of nitriles is 1. The summed E-state index contributed by atoms with van der Waals surface area (Å²) in [5, 5.41) is 9.91. The molecule has 3 aliphatic rings. The zero-order chi connectivity index (χ0) is 28.2. The normalized spacial score (nSPS) is 22.7. The highest BCUT2D eigenvalue weighted by Crippen LogP contribution is 2.32. The van der Waals surface area contributed by atoms with E-state index >= 15 is 0 Å². The molecule has 0 aromatic heterocycles. The fourth-order valence-corrected chi connectivity index (χ4v) is 5.89. The van der Waals surface area contributed by atoms with Crippen molar-refractivity contribution in [3.8, 4) is 6.07 Å². The molecule has 0 spiro atoms. The first-order chi connectivity index (χ1) is 18.6. The Labute approximate surface area is 233 Å². The van der Waals surface area contributed by atoms with Crippen LogP contribution >= 0.6 is 0 Å². The van der Waals surface area contributed by atoms with Crippen molar-refractivity contribution in [1.82, 2.24) is 9.80 Å². The SMILES string of the molecule is CC[C@@H]1CCCN(C(=O)OC(C)(C)C)[C@@H]1C(=O)C[C@H](C#N)Cc1ccc(N2CCN(C(=O)C3CC3)CC2)cc1. The largest absolute Gasteiger partial charge is 0.444 e. The standard InChI is InChI=1S/C31H44N4O4/c1-5-24-7-6-14-35(30(38)39-31(2,3)4)28(24)27(36)20-23(21-32)19-22-8-12-26(13-9-22)33-15-17-34(18-16-33)29(37)25-10-11-25/h8-9,12-13,23-25,28H,5-7,10-11,14-20H2,1-4H3/t23-,24-,28+/m1/s1. The topological polar surface area (TPSA) is 93.9 Å². The number of nitrogens with zero attached hydrogens (tertiary/aromatic N) is 4. The molecule has 1 aromatic carbocycles. The fraction of sp³-hybridized carbons (Fsp3) is 0.677. The average Bonchev–Trinajstić information content (AvgIpc) is 3.77. The predicted octanol–water partition coefficient (Wildman–Crippen LogP) is 4.81. The number of Topliss-reactive ketones (excluding diaryl/α,β-unsaturated/α-hetero) is 1. The highest BCUT2D eigenvalue weighted by molar-refractivity contribution is 5.88. The van der Waals surface area contributed by atoms with Crippen molar-refractivity contribution in [3.63, 3.8) is 0 Å². The summed E-state index contributed by atoms with van der Waals surface area (Å²) in [7, 11) is 0. The van der Waals surface area contributed by atoms with Crippen LogP contribution in [-0.2, 0) is 20.7 Å². The molecule has 2 amide bonds. The van der Waals surface area contributed by atoms with E-state index in [1.54, 1.807) is 4.90 Å². The number of piperidine rings is 1. The third kappa shape index (κ3) is 7.52. The molecule has 1 saturated carbocycles. The molecule has 1 aromatic rings. The maximum atomic E-state index is 13.6. The van der Waals surface area contributed by atoms with Crippen LogP contribution in [0, 0.1) is 29.1 Å². The van der Waals surface area contributed by atoms with Gasteiger partial charge in [0.05, 0.1) is 18.0 Å². The third-order valence-corrected chi connectivity index (χ3v) is 8.17. The van der Waals surface area contributed by atoms with Crippen LogP contribution in [0.4, 0.5) is 10.5 Å². The molecular formula is C31H44N4O4. The number of ketones is 1. The lowest BCUT2D eigenvalue weighted by molar-refractivity contribution is -0.132. The molecule has 3 atom stereocenters. The van der Waals surface area contributed by atoms with Gasteiger partial charge in [0.2, 0.25) is 5.91 Å². The summed E-state index contributed by atoms with van der Waals surface area (Å²) < 4.78 is 5.62. The van der Waals surface area contributed by atoms with Gasteiger partial charge in [0.1, 0.15) is 5.60 Å². The predicted molar refractivity (Wildman–Crippen MR) is 150 cm³/mol. The molecule has 2 aliphatic heterocycles. The Kier molecular flexibility index (Phi) is 9.19. The van der Waals surface area contributed by atoms with Gasteiger partial charge >= 0.3 is 6.09 Å². The van der Waals surface area contributed by atoms with Crippen molar-refractivity contribution >= 4 is 23.5 Å². The van der Waals surface area contributed by atoms with Crippen LogP contribution < -0.4 is 4.90 Å². The number of carbonyl (C=O) groups excluding carboxylic acids is 3. The number of piperazine rings is 1. The maximum Gasteiger partial charge on any atom is 0.410 e. The monoisotopic (exact) mass is 536 g/mol. The molecule has 39 heavy (non-hydrogen) atoms. The smallest absolute Gasteiger partial charge is 0.410 e. The second-order valence-electron chi connectivity index (χ2n) is 12.4. The van der Waals surface area contributed by atoms with E-state index in [9.17, 15) is 19.6 Å². The average molecular weight is 537 g/mol. The molecular weight excluding hydrogens is 492 g/mol. The van der Waals surface area contributed by atoms with Gasteiger partial charge in [-0.05, 0) is 76.5 Å². The van der Waals surface area contributed by atoms with E-state index in [4.69, 9.17) is 4.74 Å². The van der Waals surface area contributed by atoms with Gasteiger partial charge < -0.3 is 14.5 Å². The molecule has 8 nitrogen and oxygen atoms in total. The van der Waals surface area contributed by atoms with Gasteiger partial charge in [-0.15, -0.1) is 0 Å². The number of hydrogen-bond donors (Lipinski definition) is 0. The quantitative estimate of drug-likeness (QED) is 0.473. The Hall–Kier alpha value is -3.08. The van der Waals surface area contributed by atoms with Gasteiger partial charge in [0.25, 0.3) is 0 Å². The summed E-state index contributed by atoms with van der Waals surface area (Å²) in [4.78, 5) is 44.7.